The van der Waals surface area contributed by atoms with E-state index >= 15 is 0 Å². The molecule has 2 aromatic heterocycles. The molecule has 4 heteroatoms. The predicted octanol–water partition coefficient (Wildman–Crippen LogP) is 0.906. The van der Waals surface area contributed by atoms with E-state index in [0.717, 1.165) is 6.54 Å². The van der Waals surface area contributed by atoms with Crippen molar-refractivity contribution in [1.82, 2.24) is 14.2 Å². The van der Waals surface area contributed by atoms with E-state index in [1.54, 1.807) is 27.7 Å². The Balaban J connectivity index is 2.14. The lowest BCUT2D eigenvalue weighted by Crippen LogP contribution is -2.23. The molecule has 0 N–H and O–H groups in total. The summed E-state index contributed by atoms with van der Waals surface area (Å²) < 4.78 is 3.33. The van der Waals surface area contributed by atoms with E-state index in [1.807, 2.05) is 6.07 Å². The molecular weight excluding hydrogens is 178 g/mol. The highest BCUT2D eigenvalue weighted by Gasteiger charge is 2.22. The molecular formula is C10H11N3O. The molecule has 4 nitrogen and oxygen atoms in total. The first-order valence-electron chi connectivity index (χ1n) is 4.87. The normalized spacial score (nSPS) is 16.3. The van der Waals surface area contributed by atoms with Gasteiger partial charge in [-0.15, -0.1) is 0 Å². The number of fused-ring (bicyclic) bond motifs is 1. The molecule has 0 aliphatic heterocycles. The largest absolute Gasteiger partial charge is 0.296 e. The molecule has 2 aromatic rings. The van der Waals surface area contributed by atoms with E-state index < -0.39 is 0 Å². The Bertz CT molecular complexity index is 521. The molecule has 1 aliphatic rings. The summed E-state index contributed by atoms with van der Waals surface area (Å²) in [5, 5.41) is 4.16. The fraction of sp³-hybridized carbons (Fsp3) is 0.400. The maximum Gasteiger partial charge on any atom is 0.277 e. The topological polar surface area (TPSA) is 39.3 Å². The average Bonchev–Trinajstić information content (AvgIpc) is 2.85. The van der Waals surface area contributed by atoms with Gasteiger partial charge in [-0.25, -0.2) is 4.52 Å². The van der Waals surface area contributed by atoms with Gasteiger partial charge in [-0.05, 0) is 30.9 Å². The highest BCUT2D eigenvalue weighted by atomic mass is 16.1. The van der Waals surface area contributed by atoms with Crippen molar-refractivity contribution in [3.63, 3.8) is 0 Å². The van der Waals surface area contributed by atoms with Gasteiger partial charge in [0, 0.05) is 12.7 Å². The number of rotatable bonds is 2. The summed E-state index contributed by atoms with van der Waals surface area (Å²) in [6, 6.07) is 3.64. The van der Waals surface area contributed by atoms with Gasteiger partial charge in [0.1, 0.15) is 11.8 Å². The molecule has 2 heterocycles. The van der Waals surface area contributed by atoms with E-state index in [0.29, 0.717) is 11.4 Å². The van der Waals surface area contributed by atoms with Crippen LogP contribution in [0, 0.1) is 5.92 Å². The summed E-state index contributed by atoms with van der Waals surface area (Å²) >= 11 is 0. The monoisotopic (exact) mass is 189 g/mol. The second-order valence-corrected chi connectivity index (χ2v) is 3.87. The Morgan fingerprint density at radius 2 is 2.36 bits per heavy atom. The summed E-state index contributed by atoms with van der Waals surface area (Å²) in [4.78, 5) is 11.9. The molecule has 0 aromatic carbocycles. The molecule has 0 unspecified atom stereocenters. The molecule has 14 heavy (non-hydrogen) atoms. The van der Waals surface area contributed by atoms with E-state index in [-0.39, 0.29) is 5.56 Å². The van der Waals surface area contributed by atoms with Crippen LogP contribution >= 0.6 is 0 Å². The molecule has 0 atom stereocenters. The third-order valence-corrected chi connectivity index (χ3v) is 2.68. The van der Waals surface area contributed by atoms with Crippen LogP contribution in [0.25, 0.3) is 5.52 Å². The van der Waals surface area contributed by atoms with Crippen molar-refractivity contribution in [2.75, 3.05) is 0 Å². The van der Waals surface area contributed by atoms with Gasteiger partial charge in [0.15, 0.2) is 0 Å². The first kappa shape index (κ1) is 7.79. The summed E-state index contributed by atoms with van der Waals surface area (Å²) in [6.45, 7) is 0.827. The number of aromatic nitrogens is 3. The van der Waals surface area contributed by atoms with Gasteiger partial charge in [0.2, 0.25) is 0 Å². The molecule has 0 amide bonds. The van der Waals surface area contributed by atoms with Gasteiger partial charge in [-0.2, -0.15) is 5.10 Å². The summed E-state index contributed by atoms with van der Waals surface area (Å²) in [5.74, 6) is 0.701. The Morgan fingerprint density at radius 3 is 3.14 bits per heavy atom. The van der Waals surface area contributed by atoms with E-state index in [1.165, 1.54) is 12.8 Å². The zero-order valence-corrected chi connectivity index (χ0v) is 7.76. The van der Waals surface area contributed by atoms with Crippen molar-refractivity contribution in [3.05, 3.63) is 35.0 Å². The highest BCUT2D eigenvalue weighted by molar-refractivity contribution is 5.43. The van der Waals surface area contributed by atoms with Crippen LogP contribution in [0.15, 0.2) is 29.5 Å². The lowest BCUT2D eigenvalue weighted by atomic mass is 10.4. The fourth-order valence-corrected chi connectivity index (χ4v) is 1.67. The molecule has 0 radical (unpaired) electrons. The lowest BCUT2D eigenvalue weighted by Gasteiger charge is -2.03. The Labute approximate surface area is 80.8 Å². The average molecular weight is 189 g/mol. The van der Waals surface area contributed by atoms with Gasteiger partial charge in [-0.1, -0.05) is 0 Å². The molecule has 0 spiro atoms. The van der Waals surface area contributed by atoms with Crippen LogP contribution in [0.1, 0.15) is 12.8 Å². The predicted molar refractivity (Wildman–Crippen MR) is 52.2 cm³/mol. The van der Waals surface area contributed by atoms with E-state index in [4.69, 9.17) is 0 Å². The van der Waals surface area contributed by atoms with Crippen molar-refractivity contribution in [2.24, 2.45) is 5.92 Å². The maximum absolute atomic E-state index is 11.9. The zero-order valence-electron chi connectivity index (χ0n) is 7.76. The third kappa shape index (κ3) is 1.14. The van der Waals surface area contributed by atoms with Crippen LogP contribution in [0.5, 0.6) is 0 Å². The minimum atomic E-state index is 0.0666. The van der Waals surface area contributed by atoms with Crippen LogP contribution in [0.2, 0.25) is 0 Å². The Kier molecular flexibility index (Phi) is 1.50. The van der Waals surface area contributed by atoms with Crippen molar-refractivity contribution in [2.45, 2.75) is 19.4 Å². The number of nitrogens with zero attached hydrogens (tertiary/aromatic N) is 3. The van der Waals surface area contributed by atoms with Crippen LogP contribution in [-0.4, -0.2) is 14.2 Å². The second kappa shape index (κ2) is 2.70. The minimum absolute atomic E-state index is 0.0666. The molecule has 1 fully saturated rings. The standard InChI is InChI=1S/C10H11N3O/c14-10-9-2-1-5-13(9)11-7-12(10)6-8-3-4-8/h1-2,5,7-8H,3-4,6H2. The zero-order chi connectivity index (χ0) is 9.54. The Hall–Kier alpha value is -1.58. The number of hydrogen-bond donors (Lipinski definition) is 0. The van der Waals surface area contributed by atoms with Gasteiger partial charge in [-0.3, -0.25) is 9.36 Å². The third-order valence-electron chi connectivity index (χ3n) is 2.68. The van der Waals surface area contributed by atoms with Crippen LogP contribution < -0.4 is 5.56 Å². The highest BCUT2D eigenvalue weighted by Crippen LogP contribution is 2.29. The lowest BCUT2D eigenvalue weighted by molar-refractivity contribution is 0.586. The van der Waals surface area contributed by atoms with Crippen LogP contribution in [0.4, 0.5) is 0 Å². The quantitative estimate of drug-likeness (QED) is 0.704. The first-order valence-corrected chi connectivity index (χ1v) is 4.87. The van der Waals surface area contributed by atoms with Crippen molar-refractivity contribution in [1.29, 1.82) is 0 Å². The fourth-order valence-electron chi connectivity index (χ4n) is 1.67. The first-order chi connectivity index (χ1) is 6.84. The van der Waals surface area contributed by atoms with Crippen LogP contribution in [-0.2, 0) is 6.54 Å². The molecule has 3 rings (SSSR count). The summed E-state index contributed by atoms with van der Waals surface area (Å²) in [5.41, 5.74) is 0.727. The SMILES string of the molecule is O=c1c2cccn2ncn1CC1CC1. The summed E-state index contributed by atoms with van der Waals surface area (Å²) in [7, 11) is 0. The second-order valence-electron chi connectivity index (χ2n) is 3.87. The van der Waals surface area contributed by atoms with Crippen LogP contribution in [0.3, 0.4) is 0 Å². The maximum atomic E-state index is 11.9. The van der Waals surface area contributed by atoms with E-state index in [9.17, 15) is 4.79 Å². The molecule has 1 aliphatic carbocycles. The van der Waals surface area contributed by atoms with Gasteiger partial charge in [0.05, 0.1) is 0 Å². The van der Waals surface area contributed by atoms with Gasteiger partial charge < -0.3 is 0 Å². The minimum Gasteiger partial charge on any atom is -0.296 e. The van der Waals surface area contributed by atoms with Crippen molar-refractivity contribution in [3.8, 4) is 0 Å². The van der Waals surface area contributed by atoms with Gasteiger partial charge in [0.25, 0.3) is 5.56 Å². The van der Waals surface area contributed by atoms with E-state index in [2.05, 4.69) is 5.10 Å². The molecule has 0 bridgehead atoms. The van der Waals surface area contributed by atoms with Crippen molar-refractivity contribution >= 4 is 5.52 Å². The van der Waals surface area contributed by atoms with Gasteiger partial charge >= 0.3 is 0 Å². The summed E-state index contributed by atoms with van der Waals surface area (Å²) in [6.07, 6.45) is 5.92. The Morgan fingerprint density at radius 1 is 1.50 bits per heavy atom. The van der Waals surface area contributed by atoms with Crippen molar-refractivity contribution < 1.29 is 0 Å². The molecule has 1 saturated carbocycles. The smallest absolute Gasteiger partial charge is 0.277 e. The number of hydrogen-bond acceptors (Lipinski definition) is 2. The molecule has 72 valence electrons. The molecule has 0 saturated heterocycles.